The predicted octanol–water partition coefficient (Wildman–Crippen LogP) is 3.23. The number of halogens is 2. The molecule has 1 heterocycles. The maximum absolute atomic E-state index is 11.9. The molecule has 0 fully saturated rings. The van der Waals surface area contributed by atoms with Crippen molar-refractivity contribution in [1.82, 2.24) is 10.2 Å². The van der Waals surface area contributed by atoms with Gasteiger partial charge in [-0.2, -0.15) is 5.10 Å². The van der Waals surface area contributed by atoms with Gasteiger partial charge in [0.25, 0.3) is 5.91 Å². The zero-order valence-electron chi connectivity index (χ0n) is 8.92. The van der Waals surface area contributed by atoms with E-state index >= 15 is 0 Å². The van der Waals surface area contributed by atoms with Gasteiger partial charge in [-0.3, -0.25) is 9.89 Å². The van der Waals surface area contributed by atoms with Crippen molar-refractivity contribution in [3.63, 3.8) is 0 Å². The van der Waals surface area contributed by atoms with Gasteiger partial charge >= 0.3 is 0 Å². The molecule has 2 aromatic rings. The summed E-state index contributed by atoms with van der Waals surface area (Å²) in [5.41, 5.74) is 2.11. The number of benzene rings is 1. The molecule has 0 radical (unpaired) electrons. The quantitative estimate of drug-likeness (QED) is 0.807. The Labute approximate surface area is 117 Å². The molecule has 2 N–H and O–H groups in total. The Kier molecular flexibility index (Phi) is 3.68. The van der Waals surface area contributed by atoms with Gasteiger partial charge in [-0.25, -0.2) is 0 Å². The summed E-state index contributed by atoms with van der Waals surface area (Å²) in [7, 11) is 0. The van der Waals surface area contributed by atoms with Crippen LogP contribution in [0.1, 0.15) is 16.1 Å². The van der Waals surface area contributed by atoms with Gasteiger partial charge in [0, 0.05) is 10.7 Å². The molecule has 1 amide bonds. The molecule has 17 heavy (non-hydrogen) atoms. The third kappa shape index (κ3) is 2.78. The number of hydrogen-bond donors (Lipinski definition) is 2. The summed E-state index contributed by atoms with van der Waals surface area (Å²) in [6, 6.07) is 5.36. The standard InChI is InChI=1S/C11H9ClIN3O/c1-6-2-3-7(12)4-9(6)15-11(17)10-8(13)5-14-16-10/h2-5H,1H3,(H,14,16)(H,15,17). The van der Waals surface area contributed by atoms with Crippen molar-refractivity contribution in [3.05, 3.63) is 44.2 Å². The van der Waals surface area contributed by atoms with Crippen LogP contribution in [0.25, 0.3) is 0 Å². The monoisotopic (exact) mass is 361 g/mol. The van der Waals surface area contributed by atoms with Crippen LogP contribution in [0.4, 0.5) is 5.69 Å². The minimum absolute atomic E-state index is 0.225. The zero-order chi connectivity index (χ0) is 12.4. The second-order valence-corrected chi connectivity index (χ2v) is 5.10. The van der Waals surface area contributed by atoms with E-state index in [0.717, 1.165) is 9.13 Å². The average molecular weight is 362 g/mol. The van der Waals surface area contributed by atoms with Gasteiger partial charge < -0.3 is 5.32 Å². The number of H-pyrrole nitrogens is 1. The number of carbonyl (C=O) groups is 1. The maximum Gasteiger partial charge on any atom is 0.274 e. The van der Waals surface area contributed by atoms with E-state index < -0.39 is 0 Å². The highest BCUT2D eigenvalue weighted by Gasteiger charge is 2.13. The molecule has 0 saturated carbocycles. The van der Waals surface area contributed by atoms with Crippen LogP contribution in [0.5, 0.6) is 0 Å². The fraction of sp³-hybridized carbons (Fsp3) is 0.0909. The Hall–Kier alpha value is -1.08. The first-order valence-corrected chi connectivity index (χ1v) is 6.30. The van der Waals surface area contributed by atoms with Crippen molar-refractivity contribution >= 4 is 45.8 Å². The smallest absolute Gasteiger partial charge is 0.274 e. The lowest BCUT2D eigenvalue weighted by atomic mass is 10.2. The number of rotatable bonds is 2. The molecule has 1 aromatic heterocycles. The van der Waals surface area contributed by atoms with Gasteiger partial charge in [0.15, 0.2) is 0 Å². The summed E-state index contributed by atoms with van der Waals surface area (Å²) in [6.07, 6.45) is 1.60. The first-order valence-electron chi connectivity index (χ1n) is 4.84. The van der Waals surface area contributed by atoms with E-state index in [1.54, 1.807) is 18.3 Å². The molecule has 6 heteroatoms. The maximum atomic E-state index is 11.9. The normalized spacial score (nSPS) is 10.3. The van der Waals surface area contributed by atoms with Gasteiger partial charge in [-0.05, 0) is 47.2 Å². The summed E-state index contributed by atoms with van der Waals surface area (Å²) in [6.45, 7) is 1.91. The summed E-state index contributed by atoms with van der Waals surface area (Å²) < 4.78 is 0.778. The number of aromatic amines is 1. The molecule has 88 valence electrons. The van der Waals surface area contributed by atoms with E-state index in [2.05, 4.69) is 15.5 Å². The molecule has 0 aliphatic rings. The predicted molar refractivity (Wildman–Crippen MR) is 75.4 cm³/mol. The lowest BCUT2D eigenvalue weighted by Crippen LogP contribution is -2.14. The van der Waals surface area contributed by atoms with Gasteiger partial charge in [-0.1, -0.05) is 17.7 Å². The van der Waals surface area contributed by atoms with E-state index in [1.165, 1.54) is 0 Å². The fourth-order valence-electron chi connectivity index (χ4n) is 1.34. The summed E-state index contributed by atoms with van der Waals surface area (Å²) in [5.74, 6) is -0.225. The Bertz CT molecular complexity index is 568. The number of hydrogen-bond acceptors (Lipinski definition) is 2. The highest BCUT2D eigenvalue weighted by atomic mass is 127. The molecule has 2 rings (SSSR count). The zero-order valence-corrected chi connectivity index (χ0v) is 11.8. The van der Waals surface area contributed by atoms with Crippen molar-refractivity contribution < 1.29 is 4.79 Å². The minimum Gasteiger partial charge on any atom is -0.320 e. The number of amides is 1. The summed E-state index contributed by atoms with van der Waals surface area (Å²) in [4.78, 5) is 11.9. The van der Waals surface area contributed by atoms with Crippen LogP contribution in [0.15, 0.2) is 24.4 Å². The van der Waals surface area contributed by atoms with Crippen LogP contribution in [0, 0.1) is 10.5 Å². The molecular formula is C11H9ClIN3O. The van der Waals surface area contributed by atoms with Crippen molar-refractivity contribution in [2.45, 2.75) is 6.92 Å². The molecule has 4 nitrogen and oxygen atoms in total. The Morgan fingerprint density at radius 3 is 2.94 bits per heavy atom. The number of carbonyl (C=O) groups excluding carboxylic acids is 1. The van der Waals surface area contributed by atoms with E-state index in [1.807, 2.05) is 35.6 Å². The summed E-state index contributed by atoms with van der Waals surface area (Å²) >= 11 is 7.93. The van der Waals surface area contributed by atoms with Crippen LogP contribution >= 0.6 is 34.2 Å². The number of nitrogens with one attached hydrogen (secondary N) is 2. The molecule has 0 aliphatic heterocycles. The topological polar surface area (TPSA) is 57.8 Å². The first-order chi connectivity index (χ1) is 8.08. The second-order valence-electron chi connectivity index (χ2n) is 3.51. The van der Waals surface area contributed by atoms with E-state index in [0.29, 0.717) is 16.4 Å². The molecular weight excluding hydrogens is 352 g/mol. The van der Waals surface area contributed by atoms with Crippen molar-refractivity contribution in [3.8, 4) is 0 Å². The lowest BCUT2D eigenvalue weighted by molar-refractivity contribution is 0.102. The molecule has 0 unspecified atom stereocenters. The lowest BCUT2D eigenvalue weighted by Gasteiger charge is -2.07. The third-order valence-corrected chi connectivity index (χ3v) is 3.32. The molecule has 0 saturated heterocycles. The third-order valence-electron chi connectivity index (χ3n) is 2.27. The SMILES string of the molecule is Cc1ccc(Cl)cc1NC(=O)c1[nH]ncc1I. The highest BCUT2D eigenvalue weighted by molar-refractivity contribution is 14.1. The van der Waals surface area contributed by atoms with Gasteiger partial charge in [0.05, 0.1) is 9.77 Å². The van der Waals surface area contributed by atoms with Crippen LogP contribution in [0.2, 0.25) is 5.02 Å². The molecule has 0 atom stereocenters. The van der Waals surface area contributed by atoms with Crippen molar-refractivity contribution in [1.29, 1.82) is 0 Å². The molecule has 0 bridgehead atoms. The first kappa shape index (κ1) is 12.4. The number of anilines is 1. The van der Waals surface area contributed by atoms with Crippen molar-refractivity contribution in [2.24, 2.45) is 0 Å². The Balaban J connectivity index is 2.24. The Morgan fingerprint density at radius 2 is 2.29 bits per heavy atom. The molecule has 0 aliphatic carbocycles. The molecule has 0 spiro atoms. The van der Waals surface area contributed by atoms with Gasteiger partial charge in [-0.15, -0.1) is 0 Å². The second kappa shape index (κ2) is 5.05. The average Bonchev–Trinajstić information content (AvgIpc) is 2.70. The minimum atomic E-state index is -0.225. The van der Waals surface area contributed by atoms with Crippen LogP contribution in [-0.2, 0) is 0 Å². The van der Waals surface area contributed by atoms with Crippen LogP contribution < -0.4 is 5.32 Å². The van der Waals surface area contributed by atoms with Crippen LogP contribution in [0.3, 0.4) is 0 Å². The van der Waals surface area contributed by atoms with Crippen LogP contribution in [-0.4, -0.2) is 16.1 Å². The summed E-state index contributed by atoms with van der Waals surface area (Å²) in [5, 5.41) is 9.84. The fourth-order valence-corrected chi connectivity index (χ4v) is 2.02. The number of aryl methyl sites for hydroxylation is 1. The number of nitrogens with zero attached hydrogens (tertiary/aromatic N) is 1. The highest BCUT2D eigenvalue weighted by Crippen LogP contribution is 2.21. The van der Waals surface area contributed by atoms with E-state index in [4.69, 9.17) is 11.6 Å². The van der Waals surface area contributed by atoms with E-state index in [9.17, 15) is 4.79 Å². The van der Waals surface area contributed by atoms with Gasteiger partial charge in [0.2, 0.25) is 0 Å². The Morgan fingerprint density at radius 1 is 1.53 bits per heavy atom. The largest absolute Gasteiger partial charge is 0.320 e. The van der Waals surface area contributed by atoms with Crippen molar-refractivity contribution in [2.75, 3.05) is 5.32 Å². The van der Waals surface area contributed by atoms with E-state index in [-0.39, 0.29) is 5.91 Å². The molecule has 1 aromatic carbocycles. The number of aromatic nitrogens is 2. The van der Waals surface area contributed by atoms with Gasteiger partial charge in [0.1, 0.15) is 5.69 Å².